The van der Waals surface area contributed by atoms with Crippen LogP contribution < -0.4 is 19.7 Å². The van der Waals surface area contributed by atoms with Gasteiger partial charge in [0.25, 0.3) is 27.7 Å². The van der Waals surface area contributed by atoms with Gasteiger partial charge in [-0.1, -0.05) is 41.9 Å². The molecule has 2 heterocycles. The Labute approximate surface area is 357 Å². The van der Waals surface area contributed by atoms with Gasteiger partial charge in [-0.2, -0.15) is 0 Å². The molecule has 5 rings (SSSR count). The van der Waals surface area contributed by atoms with Crippen molar-refractivity contribution in [1.29, 1.82) is 0 Å². The van der Waals surface area contributed by atoms with Gasteiger partial charge in [0.1, 0.15) is 6.11 Å². The number of fused-ring (bicyclic) bond motifs is 1. The van der Waals surface area contributed by atoms with Crippen LogP contribution in [0.25, 0.3) is 0 Å². The monoisotopic (exact) mass is 843 g/mol. The number of para-hydroxylation sites is 2. The molecule has 0 aromatic heterocycles. The molecule has 0 radical (unpaired) electrons. The fourth-order valence-electron chi connectivity index (χ4n) is 5.56. The number of amides is 5. The Kier molecular flexibility index (Phi) is 14.8. The Bertz CT molecular complexity index is 3030. The van der Waals surface area contributed by atoms with Crippen LogP contribution in [-0.2, 0) is 35.6 Å². The molecule has 0 bridgehead atoms. The molecule has 296 valence electrons. The lowest BCUT2D eigenvalue weighted by Crippen LogP contribution is -2.57. The van der Waals surface area contributed by atoms with E-state index in [4.69, 9.17) is 27.5 Å². The summed E-state index contributed by atoms with van der Waals surface area (Å²) in [5.74, 6) is 35.3. The molecule has 1 fully saturated rings. The number of terminal acetylenes is 1. The molecule has 61 heavy (non-hydrogen) atoms. The summed E-state index contributed by atoms with van der Waals surface area (Å²) in [6, 6.07) is 13.4. The van der Waals surface area contributed by atoms with Crippen molar-refractivity contribution in [2.75, 3.05) is 35.6 Å². The van der Waals surface area contributed by atoms with E-state index in [1.807, 2.05) is 6.07 Å². The summed E-state index contributed by atoms with van der Waals surface area (Å²) in [4.78, 5) is 58.1. The number of rotatable bonds is 9. The zero-order valence-electron chi connectivity index (χ0n) is 31.9. The minimum absolute atomic E-state index is 0.0697. The van der Waals surface area contributed by atoms with E-state index in [0.29, 0.717) is 17.0 Å². The number of imide groups is 1. The number of hydrogen-bond acceptors (Lipinski definition) is 8. The molecule has 2 aliphatic rings. The van der Waals surface area contributed by atoms with Crippen LogP contribution in [0.3, 0.4) is 0 Å². The number of halogens is 1. The number of nitrogens with one attached hydrogen (secondary N) is 2. The number of ether oxygens (including phenoxy) is 2. The number of anilines is 3. The highest BCUT2D eigenvalue weighted by Gasteiger charge is 2.53. The van der Waals surface area contributed by atoms with Crippen LogP contribution in [-0.4, -0.2) is 74.9 Å². The van der Waals surface area contributed by atoms with Gasteiger partial charge in [-0.15, -0.1) is 6.42 Å². The van der Waals surface area contributed by atoms with Crippen LogP contribution in [0.5, 0.6) is 5.75 Å². The molecule has 15 heteroatoms. The third-order valence-corrected chi connectivity index (χ3v) is 9.91. The highest BCUT2D eigenvalue weighted by molar-refractivity contribution is 7.92. The van der Waals surface area contributed by atoms with E-state index in [-0.39, 0.29) is 33.6 Å². The minimum Gasteiger partial charge on any atom is -0.404 e. The van der Waals surface area contributed by atoms with Gasteiger partial charge in [0, 0.05) is 73.8 Å². The van der Waals surface area contributed by atoms with Gasteiger partial charge in [0.2, 0.25) is 6.23 Å². The molecule has 0 aliphatic carbocycles. The van der Waals surface area contributed by atoms with Gasteiger partial charge in [0.15, 0.2) is 11.8 Å². The largest absolute Gasteiger partial charge is 0.404 e. The average Bonchev–Trinajstić information content (AvgIpc) is 3.77. The van der Waals surface area contributed by atoms with Crippen molar-refractivity contribution in [3.63, 3.8) is 0 Å². The highest BCUT2D eigenvalue weighted by atomic mass is 35.5. The predicted molar refractivity (Wildman–Crippen MR) is 226 cm³/mol. The van der Waals surface area contributed by atoms with E-state index < -0.39 is 46.0 Å². The van der Waals surface area contributed by atoms with Crippen molar-refractivity contribution in [3.8, 4) is 113 Å². The van der Waals surface area contributed by atoms with Crippen LogP contribution in [0.4, 0.5) is 21.9 Å². The number of nitrogens with zero attached hydrogens (tertiary/aromatic N) is 3. The van der Waals surface area contributed by atoms with Crippen LogP contribution in [0, 0.1) is 107 Å². The third-order valence-electron chi connectivity index (χ3n) is 8.22. The second-order valence-electron chi connectivity index (χ2n) is 11.9. The van der Waals surface area contributed by atoms with Crippen molar-refractivity contribution in [2.24, 2.45) is 0 Å². The summed E-state index contributed by atoms with van der Waals surface area (Å²) < 4.78 is 40.3. The number of sulfonamides is 1. The Morgan fingerprint density at radius 3 is 2.02 bits per heavy atom. The quantitative estimate of drug-likeness (QED) is 0.190. The maximum atomic E-state index is 14.4. The zero-order chi connectivity index (χ0) is 43.8. The number of carbonyl (C=O) groups is 4. The smallest absolute Gasteiger partial charge is 0.330 e. The molecule has 2 aliphatic heterocycles. The summed E-state index contributed by atoms with van der Waals surface area (Å²) in [7, 11) is -1.90. The summed E-state index contributed by atoms with van der Waals surface area (Å²) in [6.45, 7) is 0.149. The normalized spacial score (nSPS) is 13.3. The van der Waals surface area contributed by atoms with Crippen LogP contribution in [0.15, 0.2) is 71.6 Å². The van der Waals surface area contributed by atoms with Crippen LogP contribution in [0.1, 0.15) is 5.56 Å². The first-order valence-corrected chi connectivity index (χ1v) is 19.2. The molecule has 3 aromatic carbocycles. The lowest BCUT2D eigenvalue weighted by Gasteiger charge is -2.28. The van der Waals surface area contributed by atoms with E-state index in [1.165, 1.54) is 37.3 Å². The fraction of sp³-hybridized carbons (Fsp3) is 0.130. The van der Waals surface area contributed by atoms with Crippen molar-refractivity contribution in [1.82, 2.24) is 9.80 Å². The number of hydrogen-bond donors (Lipinski definition) is 2. The zero-order valence-corrected chi connectivity index (χ0v) is 33.5. The molecule has 2 atom stereocenters. The molecule has 2 unspecified atom stereocenters. The second kappa shape index (κ2) is 20.7. The van der Waals surface area contributed by atoms with Gasteiger partial charge in [-0.3, -0.25) is 24.0 Å². The molecule has 3 aromatic rings. The number of carbonyl (C=O) groups excluding carboxylic acids is 4. The Morgan fingerprint density at radius 1 is 0.820 bits per heavy atom. The Hall–Kier alpha value is -8.62. The van der Waals surface area contributed by atoms with E-state index >= 15 is 0 Å². The first-order chi connectivity index (χ1) is 29.5. The highest BCUT2D eigenvalue weighted by Crippen LogP contribution is 2.33. The van der Waals surface area contributed by atoms with Gasteiger partial charge in [0.05, 0.1) is 21.3 Å². The first kappa shape index (κ1) is 43.5. The van der Waals surface area contributed by atoms with Crippen LogP contribution >= 0.6 is 11.6 Å². The SMILES string of the molecule is C#CC#CC#CC#CC#CC#CC#CC#CC#COc1ccc(S(=O)(=O)Nc2ccccc2Cl)cc1NC(=O)C(C(=O)N1CCc2ccccc21)N1C(=O)C(OC)N(C)C1=O. The van der Waals surface area contributed by atoms with Gasteiger partial charge in [-0.05, 0) is 95.7 Å². The lowest BCUT2D eigenvalue weighted by molar-refractivity contribution is -0.146. The van der Waals surface area contributed by atoms with Gasteiger partial charge >= 0.3 is 6.03 Å². The maximum absolute atomic E-state index is 14.4. The summed E-state index contributed by atoms with van der Waals surface area (Å²) in [6.07, 6.45) is 6.31. The molecule has 2 N–H and O–H groups in total. The van der Waals surface area contributed by atoms with Crippen molar-refractivity contribution < 1.29 is 37.1 Å². The summed E-state index contributed by atoms with van der Waals surface area (Å²) in [5, 5.41) is 2.60. The molecule has 0 spiro atoms. The minimum atomic E-state index is -4.37. The summed E-state index contributed by atoms with van der Waals surface area (Å²) >= 11 is 6.20. The van der Waals surface area contributed by atoms with E-state index in [0.717, 1.165) is 22.6 Å². The number of benzene rings is 3. The van der Waals surface area contributed by atoms with Crippen molar-refractivity contribution in [3.05, 3.63) is 77.3 Å². The fourth-order valence-corrected chi connectivity index (χ4v) is 6.90. The number of methoxy groups -OCH3 is 1. The molecular weight excluding hydrogens is 818 g/mol. The topological polar surface area (TPSA) is 155 Å². The van der Waals surface area contributed by atoms with Crippen LogP contribution in [0.2, 0.25) is 5.02 Å². The summed E-state index contributed by atoms with van der Waals surface area (Å²) in [5.41, 5.74) is 1.06. The molecule has 5 amide bonds. The predicted octanol–water partition coefficient (Wildman–Crippen LogP) is 2.90. The maximum Gasteiger partial charge on any atom is 0.330 e. The Balaban J connectivity index is 1.45. The standard InChI is InChI=1S/C46H26ClN5O8S/c1-4-5-6-7-8-9-10-11-12-13-14-15-16-17-18-23-32-60-40-29-28-35(61(57,58)49-37-26-21-20-25-36(37)47)33-38(40)48-42(53)41(52-44(55)45(59-3)50(2)46(52)56)43(54)51-31-30-34-24-19-22-27-39(34)51/h1,19-22,24-29,33,41,45,49H,30-31H2,2-3H3,(H,48,53). The van der Waals surface area contributed by atoms with E-state index in [2.05, 4.69) is 111 Å². The average molecular weight is 844 g/mol. The second-order valence-corrected chi connectivity index (χ2v) is 14.0. The van der Waals surface area contributed by atoms with E-state index in [9.17, 15) is 27.6 Å². The van der Waals surface area contributed by atoms with Gasteiger partial charge in [-0.25, -0.2) is 18.1 Å². The van der Waals surface area contributed by atoms with E-state index in [1.54, 1.807) is 30.3 Å². The van der Waals surface area contributed by atoms with Crippen molar-refractivity contribution >= 4 is 62.4 Å². The van der Waals surface area contributed by atoms with Gasteiger partial charge < -0.3 is 19.7 Å². The first-order valence-electron chi connectivity index (χ1n) is 17.3. The third kappa shape index (κ3) is 10.9. The lowest BCUT2D eigenvalue weighted by atomic mass is 10.1. The molecular formula is C46H26ClN5O8S. The molecule has 13 nitrogen and oxygen atoms in total. The molecule has 1 saturated heterocycles. The number of likely N-dealkylation sites (N-methyl/N-ethyl adjacent to an activating group) is 1. The number of urea groups is 1. The molecule has 0 saturated carbocycles. The van der Waals surface area contributed by atoms with Crippen molar-refractivity contribution in [2.45, 2.75) is 23.6 Å². The Morgan fingerprint density at radius 2 is 1.41 bits per heavy atom.